The van der Waals surface area contributed by atoms with E-state index in [1.165, 1.54) is 6.07 Å². The van der Waals surface area contributed by atoms with Gasteiger partial charge in [-0.25, -0.2) is 0 Å². The zero-order chi connectivity index (χ0) is 22.0. The summed E-state index contributed by atoms with van der Waals surface area (Å²) in [5.41, 5.74) is 3.38. The van der Waals surface area contributed by atoms with Gasteiger partial charge in [0.1, 0.15) is 11.3 Å². The van der Waals surface area contributed by atoms with Gasteiger partial charge in [0, 0.05) is 12.6 Å². The Morgan fingerprint density at radius 1 is 1.10 bits per heavy atom. The summed E-state index contributed by atoms with van der Waals surface area (Å²) in [5.74, 6) is 0.460. The Kier molecular flexibility index (Phi) is 6.09. The predicted molar refractivity (Wildman–Crippen MR) is 121 cm³/mol. The van der Waals surface area contributed by atoms with E-state index in [0.29, 0.717) is 17.5 Å². The topological polar surface area (TPSA) is 71.8 Å². The summed E-state index contributed by atoms with van der Waals surface area (Å²) >= 11 is 0. The van der Waals surface area contributed by atoms with Crippen LogP contribution in [-0.2, 0) is 0 Å². The number of nitrogens with zero attached hydrogens (tertiary/aromatic N) is 1. The molecule has 0 radical (unpaired) electrons. The van der Waals surface area contributed by atoms with Gasteiger partial charge in [0.2, 0.25) is 0 Å². The fourth-order valence-corrected chi connectivity index (χ4v) is 4.14. The smallest absolute Gasteiger partial charge is 0.287 e. The van der Waals surface area contributed by atoms with Gasteiger partial charge in [0.25, 0.3) is 5.91 Å². The van der Waals surface area contributed by atoms with Gasteiger partial charge in [0.05, 0.1) is 18.5 Å². The van der Waals surface area contributed by atoms with Crippen molar-refractivity contribution in [2.45, 2.75) is 32.7 Å². The van der Waals surface area contributed by atoms with E-state index in [9.17, 15) is 9.59 Å². The Morgan fingerprint density at radius 3 is 2.45 bits per heavy atom. The van der Waals surface area contributed by atoms with Crippen molar-refractivity contribution >= 4 is 16.9 Å². The molecule has 2 heterocycles. The molecule has 1 aliphatic heterocycles. The highest BCUT2D eigenvalue weighted by molar-refractivity contribution is 5.93. The first kappa shape index (κ1) is 21.1. The first-order valence-corrected chi connectivity index (χ1v) is 10.7. The molecule has 4 rings (SSSR count). The summed E-state index contributed by atoms with van der Waals surface area (Å²) in [7, 11) is 1.65. The van der Waals surface area contributed by atoms with Gasteiger partial charge in [-0.05, 0) is 80.7 Å². The van der Waals surface area contributed by atoms with E-state index < -0.39 is 0 Å². The van der Waals surface area contributed by atoms with Crippen molar-refractivity contribution in [2.24, 2.45) is 0 Å². The molecule has 0 spiro atoms. The summed E-state index contributed by atoms with van der Waals surface area (Å²) < 4.78 is 11.1. The van der Waals surface area contributed by atoms with E-state index >= 15 is 0 Å². The van der Waals surface area contributed by atoms with Gasteiger partial charge in [-0.3, -0.25) is 14.5 Å². The first-order chi connectivity index (χ1) is 15.0. The Bertz CT molecular complexity index is 1140. The first-order valence-electron chi connectivity index (χ1n) is 10.7. The molecule has 162 valence electrons. The average molecular weight is 421 g/mol. The van der Waals surface area contributed by atoms with Crippen LogP contribution in [-0.4, -0.2) is 37.6 Å². The SMILES string of the molecule is COc1ccc(C(CNC(=O)c2cc(=O)c3cc(C)c(C)cc3o2)N2CCCC2)cc1. The van der Waals surface area contributed by atoms with Crippen LogP contribution in [0.1, 0.15) is 46.1 Å². The number of methoxy groups -OCH3 is 1. The number of carbonyl (C=O) groups excluding carboxylic acids is 1. The number of hydrogen-bond donors (Lipinski definition) is 1. The highest BCUT2D eigenvalue weighted by atomic mass is 16.5. The minimum Gasteiger partial charge on any atom is -0.497 e. The number of ether oxygens (including phenoxy) is 1. The number of fused-ring (bicyclic) bond motifs is 1. The zero-order valence-electron chi connectivity index (χ0n) is 18.2. The van der Waals surface area contributed by atoms with Gasteiger partial charge < -0.3 is 14.5 Å². The number of carbonyl (C=O) groups is 1. The van der Waals surface area contributed by atoms with Crippen molar-refractivity contribution in [2.75, 3.05) is 26.7 Å². The van der Waals surface area contributed by atoms with E-state index in [4.69, 9.17) is 9.15 Å². The average Bonchev–Trinajstić information content (AvgIpc) is 3.30. The summed E-state index contributed by atoms with van der Waals surface area (Å²) in [6, 6.07) is 12.9. The third-order valence-corrected chi connectivity index (χ3v) is 6.11. The Balaban J connectivity index is 1.56. The van der Waals surface area contributed by atoms with Crippen LogP contribution in [0.4, 0.5) is 0 Å². The lowest BCUT2D eigenvalue weighted by Crippen LogP contribution is -2.37. The molecule has 1 fully saturated rings. The lowest BCUT2D eigenvalue weighted by molar-refractivity contribution is 0.0910. The van der Waals surface area contributed by atoms with E-state index in [-0.39, 0.29) is 23.1 Å². The van der Waals surface area contributed by atoms with Gasteiger partial charge >= 0.3 is 0 Å². The van der Waals surface area contributed by atoms with Crippen molar-refractivity contribution in [3.8, 4) is 5.75 Å². The van der Waals surface area contributed by atoms with Gasteiger partial charge in [-0.2, -0.15) is 0 Å². The minimum atomic E-state index is -0.380. The highest BCUT2D eigenvalue weighted by Gasteiger charge is 2.25. The molecule has 1 amide bonds. The molecule has 1 aromatic heterocycles. The van der Waals surface area contributed by atoms with E-state index in [1.54, 1.807) is 7.11 Å². The van der Waals surface area contributed by atoms with Crippen LogP contribution in [0.25, 0.3) is 11.0 Å². The molecule has 31 heavy (non-hydrogen) atoms. The van der Waals surface area contributed by atoms with Gasteiger partial charge in [0.15, 0.2) is 11.2 Å². The predicted octanol–water partition coefficient (Wildman–Crippen LogP) is 3.99. The van der Waals surface area contributed by atoms with Crippen molar-refractivity contribution in [1.82, 2.24) is 10.2 Å². The molecule has 3 aromatic rings. The maximum Gasteiger partial charge on any atom is 0.287 e. The van der Waals surface area contributed by atoms with E-state index in [2.05, 4.69) is 10.2 Å². The fourth-order valence-electron chi connectivity index (χ4n) is 4.14. The minimum absolute atomic E-state index is 0.0376. The monoisotopic (exact) mass is 420 g/mol. The molecule has 1 N–H and O–H groups in total. The van der Waals surface area contributed by atoms with Gasteiger partial charge in [-0.1, -0.05) is 12.1 Å². The largest absolute Gasteiger partial charge is 0.497 e. The molecule has 1 atom stereocenters. The maximum atomic E-state index is 12.9. The van der Waals surface area contributed by atoms with Crippen LogP contribution in [0.5, 0.6) is 5.75 Å². The van der Waals surface area contributed by atoms with E-state index in [1.807, 2.05) is 50.2 Å². The van der Waals surface area contributed by atoms with Crippen LogP contribution < -0.4 is 15.5 Å². The third-order valence-electron chi connectivity index (χ3n) is 6.11. The standard InChI is InChI=1S/C25H28N2O4/c1-16-12-20-22(28)14-24(31-23(20)13-17(16)2)25(29)26-15-21(27-10-4-5-11-27)18-6-8-19(30-3)9-7-18/h6-9,12-14,21H,4-5,10-11,15H2,1-3H3,(H,26,29). The fraction of sp³-hybridized carbons (Fsp3) is 0.360. The lowest BCUT2D eigenvalue weighted by atomic mass is 10.0. The Morgan fingerprint density at radius 2 is 1.77 bits per heavy atom. The number of nitrogens with one attached hydrogen (secondary N) is 1. The van der Waals surface area contributed by atoms with Crippen molar-refractivity contribution < 1.29 is 13.9 Å². The molecule has 1 aliphatic rings. The molecule has 6 heteroatoms. The summed E-state index contributed by atoms with van der Waals surface area (Å²) in [5, 5.41) is 3.47. The van der Waals surface area contributed by atoms with Crippen LogP contribution in [0.3, 0.4) is 0 Å². The number of hydrogen-bond acceptors (Lipinski definition) is 5. The van der Waals surface area contributed by atoms with Crippen molar-refractivity contribution in [3.05, 3.63) is 75.1 Å². The van der Waals surface area contributed by atoms with Crippen LogP contribution in [0.2, 0.25) is 0 Å². The highest BCUT2D eigenvalue weighted by Crippen LogP contribution is 2.26. The molecule has 6 nitrogen and oxygen atoms in total. The molecule has 0 saturated carbocycles. The van der Waals surface area contributed by atoms with Crippen molar-refractivity contribution in [1.29, 1.82) is 0 Å². The third kappa shape index (κ3) is 4.49. The normalized spacial score (nSPS) is 15.2. The molecule has 2 aromatic carbocycles. The second-order valence-corrected chi connectivity index (χ2v) is 8.15. The quantitative estimate of drug-likeness (QED) is 0.653. The Labute approximate surface area is 181 Å². The lowest BCUT2D eigenvalue weighted by Gasteiger charge is -2.28. The van der Waals surface area contributed by atoms with Crippen LogP contribution in [0, 0.1) is 13.8 Å². The number of aryl methyl sites for hydroxylation is 2. The molecule has 0 aliphatic carbocycles. The Hall–Kier alpha value is -3.12. The van der Waals surface area contributed by atoms with Crippen molar-refractivity contribution in [3.63, 3.8) is 0 Å². The molecular weight excluding hydrogens is 392 g/mol. The van der Waals surface area contributed by atoms with Crippen LogP contribution >= 0.6 is 0 Å². The van der Waals surface area contributed by atoms with Gasteiger partial charge in [-0.15, -0.1) is 0 Å². The summed E-state index contributed by atoms with van der Waals surface area (Å²) in [6.07, 6.45) is 2.30. The van der Waals surface area contributed by atoms with E-state index in [0.717, 1.165) is 48.4 Å². The summed E-state index contributed by atoms with van der Waals surface area (Å²) in [4.78, 5) is 27.8. The molecule has 0 bridgehead atoms. The summed E-state index contributed by atoms with van der Waals surface area (Å²) in [6.45, 7) is 6.33. The molecular formula is C25H28N2O4. The van der Waals surface area contributed by atoms with Crippen LogP contribution in [0.15, 0.2) is 51.7 Å². The molecule has 1 saturated heterocycles. The second-order valence-electron chi connectivity index (χ2n) is 8.15. The number of likely N-dealkylation sites (tertiary alicyclic amines) is 1. The number of amides is 1. The second kappa shape index (κ2) is 8.94. The number of rotatable bonds is 6. The maximum absolute atomic E-state index is 12.9. The zero-order valence-corrected chi connectivity index (χ0v) is 18.2. The number of benzene rings is 2. The molecule has 1 unspecified atom stereocenters.